The molecule has 4 nitrogen and oxygen atoms in total. The molecule has 0 atom stereocenters. The third-order valence-electron chi connectivity index (χ3n) is 0.891. The third kappa shape index (κ3) is 6.54. The Kier molecular flexibility index (Phi) is 5.34. The first-order chi connectivity index (χ1) is 5.66. The Bertz CT molecular complexity index is 205. The monoisotopic (exact) mass is 169 g/mol. The molecule has 0 heterocycles. The lowest BCUT2D eigenvalue weighted by molar-refractivity contribution is -0.142. The maximum atomic E-state index is 10.6. The summed E-state index contributed by atoms with van der Waals surface area (Å²) in [7, 11) is 0. The Labute approximate surface area is 70.1 Å². The van der Waals surface area contributed by atoms with Crippen LogP contribution in [0.3, 0.4) is 0 Å². The molecule has 0 aliphatic heterocycles. The van der Waals surface area contributed by atoms with Gasteiger partial charge in [0.2, 0.25) is 0 Å². The van der Waals surface area contributed by atoms with Crippen molar-refractivity contribution in [1.29, 1.82) is 0 Å². The number of ether oxygens (including phenoxy) is 1. The van der Waals surface area contributed by atoms with Crippen molar-refractivity contribution in [2.75, 3.05) is 0 Å². The molecule has 0 rings (SSSR count). The van der Waals surface area contributed by atoms with Gasteiger partial charge in [-0.2, -0.15) is 0 Å². The van der Waals surface area contributed by atoms with Crippen molar-refractivity contribution in [3.05, 3.63) is 25.0 Å². The van der Waals surface area contributed by atoms with E-state index in [4.69, 9.17) is 0 Å². The van der Waals surface area contributed by atoms with Crippen LogP contribution in [0, 0.1) is 0 Å². The van der Waals surface area contributed by atoms with Gasteiger partial charge in [-0.1, -0.05) is 6.08 Å². The molecule has 0 spiro atoms. The van der Waals surface area contributed by atoms with E-state index in [-0.39, 0.29) is 12.8 Å². The van der Waals surface area contributed by atoms with Gasteiger partial charge in [0, 0.05) is 0 Å². The minimum Gasteiger partial charge on any atom is -0.435 e. The summed E-state index contributed by atoms with van der Waals surface area (Å²) < 4.78 is 4.45. The molecule has 1 radical (unpaired) electrons. The van der Waals surface area contributed by atoms with Crippen LogP contribution >= 0.6 is 0 Å². The highest BCUT2D eigenvalue weighted by Gasteiger charge is 1.96. The van der Waals surface area contributed by atoms with Crippen molar-refractivity contribution in [3.63, 3.8) is 0 Å². The van der Waals surface area contributed by atoms with E-state index in [1.807, 2.05) is 0 Å². The van der Waals surface area contributed by atoms with Gasteiger partial charge < -0.3 is 4.74 Å². The van der Waals surface area contributed by atoms with Crippen LogP contribution in [0.25, 0.3) is 0 Å². The smallest absolute Gasteiger partial charge is 0.359 e. The van der Waals surface area contributed by atoms with Gasteiger partial charge in [0.25, 0.3) is 0 Å². The number of hydrogen-bond acceptors (Lipinski definition) is 3. The maximum absolute atomic E-state index is 10.6. The van der Waals surface area contributed by atoms with Crippen LogP contribution in [0.4, 0.5) is 0 Å². The highest BCUT2D eigenvalue weighted by molar-refractivity contribution is 5.72. The minimum atomic E-state index is -1.22. The Morgan fingerprint density at radius 1 is 1.33 bits per heavy atom. The summed E-state index contributed by atoms with van der Waals surface area (Å²) in [6.45, 7) is 3.33. The molecule has 0 fully saturated rings. The fourth-order valence-electron chi connectivity index (χ4n) is 0.434. The molecule has 0 unspecified atom stereocenters. The zero-order valence-corrected chi connectivity index (χ0v) is 6.49. The lowest BCUT2D eigenvalue weighted by Gasteiger charge is -1.92. The second-order valence-corrected chi connectivity index (χ2v) is 1.93. The van der Waals surface area contributed by atoms with Gasteiger partial charge in [0.05, 0.1) is 19.1 Å². The highest BCUT2D eigenvalue weighted by Crippen LogP contribution is 1.89. The Hall–Kier alpha value is -1.58. The molecule has 0 saturated heterocycles. The zero-order chi connectivity index (χ0) is 9.40. The quantitative estimate of drug-likeness (QED) is 0.350. The predicted molar refractivity (Wildman–Crippen MR) is 40.4 cm³/mol. The molecule has 0 aromatic heterocycles. The molecule has 0 bridgehead atoms. The molecule has 12 heavy (non-hydrogen) atoms. The van der Waals surface area contributed by atoms with Gasteiger partial charge in [0.15, 0.2) is 0 Å². The van der Waals surface area contributed by atoms with E-state index < -0.39 is 11.9 Å². The molecule has 0 aromatic rings. The second kappa shape index (κ2) is 6.15. The summed E-state index contributed by atoms with van der Waals surface area (Å²) in [5.74, 6) is -1.69. The lowest BCUT2D eigenvalue weighted by Crippen LogP contribution is -1.96. The third-order valence-corrected chi connectivity index (χ3v) is 0.891. The fourth-order valence-corrected chi connectivity index (χ4v) is 0.434. The molecule has 0 aliphatic rings. The van der Waals surface area contributed by atoms with E-state index >= 15 is 0 Å². The fraction of sp³-hybridized carbons (Fsp3) is 0.250. The first-order valence-corrected chi connectivity index (χ1v) is 3.32. The number of rotatable bonds is 5. The first-order valence-electron chi connectivity index (χ1n) is 3.32. The number of hydrogen-bond donors (Lipinski definition) is 0. The topological polar surface area (TPSA) is 63.3 Å². The molecule has 0 aliphatic carbocycles. The molecular formula is C8H9O4. The summed E-state index contributed by atoms with van der Waals surface area (Å²) in [5.41, 5.74) is 0. The summed E-state index contributed by atoms with van der Waals surface area (Å²) in [6, 6.07) is 0. The van der Waals surface area contributed by atoms with E-state index in [1.165, 1.54) is 12.2 Å². The molecular weight excluding hydrogens is 160 g/mol. The van der Waals surface area contributed by atoms with Crippen LogP contribution in [0.15, 0.2) is 25.0 Å². The summed E-state index contributed by atoms with van der Waals surface area (Å²) in [5, 5.41) is 9.85. The van der Waals surface area contributed by atoms with Gasteiger partial charge in [-0.3, -0.25) is 4.79 Å². The van der Waals surface area contributed by atoms with Gasteiger partial charge in [-0.25, -0.2) is 9.90 Å². The molecule has 0 N–H and O–H groups in total. The number of carbonyl (C=O) groups is 2. The van der Waals surface area contributed by atoms with Crippen LogP contribution in [0.5, 0.6) is 0 Å². The van der Waals surface area contributed by atoms with E-state index in [9.17, 15) is 14.7 Å². The predicted octanol–water partition coefficient (Wildman–Crippen LogP) is 0.967. The lowest BCUT2D eigenvalue weighted by atomic mass is 10.4. The Morgan fingerprint density at radius 2 is 2.00 bits per heavy atom. The molecule has 65 valence electrons. The minimum absolute atomic E-state index is 0.107. The van der Waals surface area contributed by atoms with Crippen LogP contribution in [0.2, 0.25) is 0 Å². The van der Waals surface area contributed by atoms with Crippen molar-refractivity contribution in [2.45, 2.75) is 12.8 Å². The summed E-state index contributed by atoms with van der Waals surface area (Å²) >= 11 is 0. The largest absolute Gasteiger partial charge is 0.435 e. The van der Waals surface area contributed by atoms with E-state index in [1.54, 1.807) is 0 Å². The van der Waals surface area contributed by atoms with Crippen molar-refractivity contribution in [2.24, 2.45) is 0 Å². The standard InChI is InChI=1S/C8H9O4/c1-2-4-8(11)12-6-3-5-7(9)10/h2-3,6H,1,4-5H2. The highest BCUT2D eigenvalue weighted by atomic mass is 16.5. The van der Waals surface area contributed by atoms with E-state index in [0.29, 0.717) is 0 Å². The Morgan fingerprint density at radius 3 is 2.50 bits per heavy atom. The second-order valence-electron chi connectivity index (χ2n) is 1.93. The maximum Gasteiger partial charge on any atom is 0.359 e. The normalized spacial score (nSPS) is 9.67. The van der Waals surface area contributed by atoms with Crippen LogP contribution in [-0.2, 0) is 19.4 Å². The van der Waals surface area contributed by atoms with Gasteiger partial charge >= 0.3 is 11.9 Å². The van der Waals surface area contributed by atoms with Crippen molar-refractivity contribution in [1.82, 2.24) is 0 Å². The Balaban J connectivity index is 3.53. The van der Waals surface area contributed by atoms with E-state index in [2.05, 4.69) is 11.3 Å². The average molecular weight is 169 g/mol. The van der Waals surface area contributed by atoms with Gasteiger partial charge in [-0.05, 0) is 6.08 Å². The number of carbonyl (C=O) groups excluding carboxylic acids is 2. The molecule has 0 aromatic carbocycles. The van der Waals surface area contributed by atoms with Crippen LogP contribution < -0.4 is 0 Å². The first kappa shape index (κ1) is 10.4. The number of esters is 1. The molecule has 0 saturated carbocycles. The molecule has 4 heteroatoms. The van der Waals surface area contributed by atoms with Crippen molar-refractivity contribution < 1.29 is 19.4 Å². The van der Waals surface area contributed by atoms with E-state index in [0.717, 1.165) is 6.26 Å². The summed E-state index contributed by atoms with van der Waals surface area (Å²) in [4.78, 5) is 20.4. The zero-order valence-electron chi connectivity index (χ0n) is 6.49. The van der Waals surface area contributed by atoms with Gasteiger partial charge in [-0.15, -0.1) is 6.58 Å². The van der Waals surface area contributed by atoms with Gasteiger partial charge in [0.1, 0.15) is 0 Å². The van der Waals surface area contributed by atoms with Crippen LogP contribution in [-0.4, -0.2) is 11.9 Å². The SMILES string of the molecule is C=CCC(=O)OC=CCC([O])=O. The average Bonchev–Trinajstić information content (AvgIpc) is 1.98. The van der Waals surface area contributed by atoms with Crippen molar-refractivity contribution in [3.8, 4) is 0 Å². The van der Waals surface area contributed by atoms with Crippen LogP contribution in [0.1, 0.15) is 12.8 Å². The van der Waals surface area contributed by atoms with Crippen molar-refractivity contribution >= 4 is 11.9 Å². The molecule has 0 amide bonds. The summed E-state index contributed by atoms with van der Waals surface area (Å²) in [6.07, 6.45) is 3.46.